The van der Waals surface area contributed by atoms with E-state index in [4.69, 9.17) is 4.74 Å². The zero-order valence-electron chi connectivity index (χ0n) is 18.5. The molecule has 2 aromatic rings. The number of rotatable bonds is 10. The van der Waals surface area contributed by atoms with Gasteiger partial charge in [-0.15, -0.1) is 0 Å². The predicted molar refractivity (Wildman–Crippen MR) is 121 cm³/mol. The van der Waals surface area contributed by atoms with Crippen molar-refractivity contribution in [1.82, 2.24) is 9.80 Å². The maximum Gasteiger partial charge on any atom is 0.238 e. The zero-order chi connectivity index (χ0) is 22.1. The van der Waals surface area contributed by atoms with Crippen LogP contribution in [0.1, 0.15) is 12.5 Å². The molecule has 0 heterocycles. The molecule has 0 radical (unpaired) electrons. The number of methoxy groups -OCH3 is 1. The summed E-state index contributed by atoms with van der Waals surface area (Å²) >= 11 is 0. The Morgan fingerprint density at radius 2 is 1.63 bits per heavy atom. The van der Waals surface area contributed by atoms with Crippen molar-refractivity contribution >= 4 is 23.2 Å². The number of carbonyl (C=O) groups is 2. The van der Waals surface area contributed by atoms with Crippen molar-refractivity contribution in [3.8, 4) is 5.75 Å². The molecule has 0 fully saturated rings. The van der Waals surface area contributed by atoms with Crippen molar-refractivity contribution < 1.29 is 14.3 Å². The van der Waals surface area contributed by atoms with E-state index in [1.165, 1.54) is 0 Å². The van der Waals surface area contributed by atoms with Gasteiger partial charge >= 0.3 is 0 Å². The summed E-state index contributed by atoms with van der Waals surface area (Å²) in [6.45, 7) is 3.37. The lowest BCUT2D eigenvalue weighted by molar-refractivity contribution is -0.132. The minimum atomic E-state index is -0.184. The fraction of sp³-hybridized carbons (Fsp3) is 0.391. The molecule has 0 aliphatic heterocycles. The highest BCUT2D eigenvalue weighted by atomic mass is 16.5. The molecule has 162 valence electrons. The van der Waals surface area contributed by atoms with Gasteiger partial charge < -0.3 is 19.9 Å². The monoisotopic (exact) mass is 412 g/mol. The molecular formula is C23H32N4O3. The number of anilines is 2. The van der Waals surface area contributed by atoms with E-state index in [0.29, 0.717) is 24.5 Å². The lowest BCUT2D eigenvalue weighted by Gasteiger charge is -2.24. The summed E-state index contributed by atoms with van der Waals surface area (Å²) in [5.74, 6) is 0.389. The Morgan fingerprint density at radius 3 is 2.23 bits per heavy atom. The molecule has 0 aliphatic carbocycles. The van der Waals surface area contributed by atoms with Gasteiger partial charge in [0.1, 0.15) is 5.75 Å². The highest BCUT2D eigenvalue weighted by Crippen LogP contribution is 2.22. The van der Waals surface area contributed by atoms with Gasteiger partial charge in [0.25, 0.3) is 0 Å². The van der Waals surface area contributed by atoms with E-state index in [-0.39, 0.29) is 24.9 Å². The number of amides is 2. The second kappa shape index (κ2) is 11.2. The molecule has 0 bridgehead atoms. The van der Waals surface area contributed by atoms with Gasteiger partial charge in [-0.1, -0.05) is 31.2 Å². The SMILES string of the molecule is CCN(CC(=O)Nc1ccccc1OC)CC(=O)N(C)Cc1ccc(N(C)C)cc1. The smallest absolute Gasteiger partial charge is 0.238 e. The lowest BCUT2D eigenvalue weighted by Crippen LogP contribution is -2.41. The van der Waals surface area contributed by atoms with Crippen LogP contribution in [0.15, 0.2) is 48.5 Å². The summed E-state index contributed by atoms with van der Waals surface area (Å²) in [5.41, 5.74) is 2.80. The summed E-state index contributed by atoms with van der Waals surface area (Å²) in [4.78, 5) is 30.6. The molecule has 30 heavy (non-hydrogen) atoms. The van der Waals surface area contributed by atoms with E-state index >= 15 is 0 Å². The lowest BCUT2D eigenvalue weighted by atomic mass is 10.2. The number of hydrogen-bond donors (Lipinski definition) is 1. The van der Waals surface area contributed by atoms with Gasteiger partial charge in [-0.3, -0.25) is 14.5 Å². The molecule has 2 aromatic carbocycles. The molecule has 0 aromatic heterocycles. The third kappa shape index (κ3) is 6.77. The van der Waals surface area contributed by atoms with E-state index < -0.39 is 0 Å². The minimum Gasteiger partial charge on any atom is -0.495 e. The molecule has 0 saturated heterocycles. The van der Waals surface area contributed by atoms with Gasteiger partial charge in [0.05, 0.1) is 25.9 Å². The normalized spacial score (nSPS) is 10.6. The number of carbonyl (C=O) groups excluding carboxylic acids is 2. The van der Waals surface area contributed by atoms with Gasteiger partial charge in [-0.05, 0) is 36.4 Å². The van der Waals surface area contributed by atoms with Crippen LogP contribution in [0.4, 0.5) is 11.4 Å². The van der Waals surface area contributed by atoms with E-state index in [9.17, 15) is 9.59 Å². The highest BCUT2D eigenvalue weighted by Gasteiger charge is 2.17. The molecule has 7 heteroatoms. The van der Waals surface area contributed by atoms with Crippen molar-refractivity contribution in [3.63, 3.8) is 0 Å². The molecule has 7 nitrogen and oxygen atoms in total. The van der Waals surface area contributed by atoms with E-state index in [1.54, 1.807) is 31.2 Å². The van der Waals surface area contributed by atoms with Crippen LogP contribution in [0, 0.1) is 0 Å². The van der Waals surface area contributed by atoms with Gasteiger partial charge in [0, 0.05) is 33.4 Å². The third-order valence-corrected chi connectivity index (χ3v) is 4.85. The number of ether oxygens (including phenoxy) is 1. The molecule has 0 saturated carbocycles. The number of hydrogen-bond acceptors (Lipinski definition) is 5. The van der Waals surface area contributed by atoms with Crippen molar-refractivity contribution in [2.24, 2.45) is 0 Å². The number of benzene rings is 2. The van der Waals surface area contributed by atoms with Crippen molar-refractivity contribution in [2.45, 2.75) is 13.5 Å². The molecule has 0 spiro atoms. The molecule has 0 atom stereocenters. The van der Waals surface area contributed by atoms with Crippen molar-refractivity contribution in [3.05, 3.63) is 54.1 Å². The Hall–Kier alpha value is -3.06. The number of para-hydroxylation sites is 2. The fourth-order valence-corrected chi connectivity index (χ4v) is 2.99. The van der Waals surface area contributed by atoms with E-state index in [0.717, 1.165) is 11.3 Å². The van der Waals surface area contributed by atoms with Gasteiger partial charge in [0.15, 0.2) is 0 Å². The van der Waals surface area contributed by atoms with Crippen LogP contribution in [0.5, 0.6) is 5.75 Å². The van der Waals surface area contributed by atoms with Crippen molar-refractivity contribution in [2.75, 3.05) is 58.1 Å². The first-order valence-corrected chi connectivity index (χ1v) is 9.99. The molecule has 1 N–H and O–H groups in total. The van der Waals surface area contributed by atoms with Crippen LogP contribution >= 0.6 is 0 Å². The van der Waals surface area contributed by atoms with E-state index in [2.05, 4.69) is 5.32 Å². The summed E-state index contributed by atoms with van der Waals surface area (Å²) in [5, 5.41) is 2.85. The molecule has 0 aliphatic rings. The Bertz CT molecular complexity index is 837. The Morgan fingerprint density at radius 1 is 0.967 bits per heavy atom. The average molecular weight is 413 g/mol. The summed E-state index contributed by atoms with van der Waals surface area (Å²) in [6, 6.07) is 15.4. The van der Waals surface area contributed by atoms with Gasteiger partial charge in [-0.2, -0.15) is 0 Å². The first-order chi connectivity index (χ1) is 14.3. The van der Waals surface area contributed by atoms with Crippen LogP contribution in [-0.4, -0.2) is 69.5 Å². The summed E-state index contributed by atoms with van der Waals surface area (Å²) in [7, 11) is 7.33. The van der Waals surface area contributed by atoms with Crippen molar-refractivity contribution in [1.29, 1.82) is 0 Å². The quantitative estimate of drug-likeness (QED) is 0.650. The minimum absolute atomic E-state index is 0.0290. The topological polar surface area (TPSA) is 65.1 Å². The Labute approximate surface area is 179 Å². The maximum atomic E-state index is 12.7. The molecule has 2 amide bonds. The van der Waals surface area contributed by atoms with Crippen LogP contribution in [0.2, 0.25) is 0 Å². The highest BCUT2D eigenvalue weighted by molar-refractivity contribution is 5.94. The van der Waals surface area contributed by atoms with Gasteiger partial charge in [0.2, 0.25) is 11.8 Å². The second-order valence-electron chi connectivity index (χ2n) is 7.36. The van der Waals surface area contributed by atoms with Crippen LogP contribution in [0.3, 0.4) is 0 Å². The van der Waals surface area contributed by atoms with Crippen LogP contribution < -0.4 is 15.0 Å². The second-order valence-corrected chi connectivity index (χ2v) is 7.36. The van der Waals surface area contributed by atoms with E-state index in [1.807, 2.05) is 67.2 Å². The predicted octanol–water partition coefficient (Wildman–Crippen LogP) is 2.68. The third-order valence-electron chi connectivity index (χ3n) is 4.85. The fourth-order valence-electron chi connectivity index (χ4n) is 2.99. The zero-order valence-corrected chi connectivity index (χ0v) is 18.5. The molecule has 0 unspecified atom stereocenters. The standard InChI is InChI=1S/C23H32N4O3/c1-6-27(16-22(28)24-20-9-7-8-10-21(20)30-5)17-23(29)26(4)15-18-11-13-19(14-12-18)25(2)3/h7-14H,6,15-17H2,1-5H3,(H,24,28). The molecular weight excluding hydrogens is 380 g/mol. The number of nitrogens with one attached hydrogen (secondary N) is 1. The average Bonchev–Trinajstić information content (AvgIpc) is 2.73. The first-order valence-electron chi connectivity index (χ1n) is 9.99. The Kier molecular flexibility index (Phi) is 8.68. The first kappa shape index (κ1) is 23.2. The van der Waals surface area contributed by atoms with Crippen LogP contribution in [-0.2, 0) is 16.1 Å². The largest absolute Gasteiger partial charge is 0.495 e. The summed E-state index contributed by atoms with van der Waals surface area (Å²) in [6.07, 6.45) is 0. The Balaban J connectivity index is 1.89. The molecule has 2 rings (SSSR count). The van der Waals surface area contributed by atoms with Gasteiger partial charge in [-0.25, -0.2) is 0 Å². The summed E-state index contributed by atoms with van der Waals surface area (Å²) < 4.78 is 5.26. The maximum absolute atomic E-state index is 12.7. The number of nitrogens with zero attached hydrogens (tertiary/aromatic N) is 3. The number of likely N-dealkylation sites (N-methyl/N-ethyl adjacent to an activating group) is 2. The van der Waals surface area contributed by atoms with Crippen LogP contribution in [0.25, 0.3) is 0 Å².